The molecule has 0 aliphatic rings. The number of hydrogen-bond acceptors (Lipinski definition) is 3. The molecule has 0 aliphatic heterocycles. The summed E-state index contributed by atoms with van der Waals surface area (Å²) >= 11 is 1.33. The van der Waals surface area contributed by atoms with Crippen molar-refractivity contribution in [2.45, 2.75) is 38.9 Å². The summed E-state index contributed by atoms with van der Waals surface area (Å²) < 4.78 is 0. The third-order valence-electron chi connectivity index (χ3n) is 4.14. The highest BCUT2D eigenvalue weighted by Gasteiger charge is 2.18. The van der Waals surface area contributed by atoms with Gasteiger partial charge in [-0.25, -0.2) is 0 Å². The van der Waals surface area contributed by atoms with Gasteiger partial charge in [0.2, 0.25) is 11.8 Å². The van der Waals surface area contributed by atoms with Crippen molar-refractivity contribution >= 4 is 35.0 Å². The second kappa shape index (κ2) is 10.0. The van der Waals surface area contributed by atoms with Gasteiger partial charge in [0.05, 0.1) is 11.0 Å². The SMILES string of the molecule is CCc1cccc(CC)c1NC(=O)C(C)SCC(=O)Nc1ccccc1. The van der Waals surface area contributed by atoms with Gasteiger partial charge in [-0.3, -0.25) is 9.59 Å². The van der Waals surface area contributed by atoms with E-state index in [1.165, 1.54) is 11.8 Å². The smallest absolute Gasteiger partial charge is 0.237 e. The third kappa shape index (κ3) is 5.63. The fourth-order valence-corrected chi connectivity index (χ4v) is 3.31. The first-order chi connectivity index (χ1) is 12.5. The Balaban J connectivity index is 1.91. The predicted octanol–water partition coefficient (Wildman–Crippen LogP) is 4.51. The lowest BCUT2D eigenvalue weighted by Gasteiger charge is -2.17. The number of thioether (sulfide) groups is 1. The van der Waals surface area contributed by atoms with Crippen LogP contribution in [0.5, 0.6) is 0 Å². The van der Waals surface area contributed by atoms with Crippen molar-refractivity contribution in [2.24, 2.45) is 0 Å². The summed E-state index contributed by atoms with van der Waals surface area (Å²) in [5, 5.41) is 5.58. The van der Waals surface area contributed by atoms with Crippen molar-refractivity contribution in [3.8, 4) is 0 Å². The van der Waals surface area contributed by atoms with Crippen LogP contribution in [0.4, 0.5) is 11.4 Å². The highest BCUT2D eigenvalue weighted by atomic mass is 32.2. The van der Waals surface area contributed by atoms with Crippen LogP contribution in [0.3, 0.4) is 0 Å². The molecule has 0 saturated carbocycles. The van der Waals surface area contributed by atoms with E-state index in [9.17, 15) is 9.59 Å². The second-order valence-electron chi connectivity index (χ2n) is 6.02. The average molecular weight is 371 g/mol. The lowest BCUT2D eigenvalue weighted by atomic mass is 10.0. The highest BCUT2D eigenvalue weighted by molar-refractivity contribution is 8.01. The molecule has 0 heterocycles. The fourth-order valence-electron chi connectivity index (χ4n) is 2.62. The summed E-state index contributed by atoms with van der Waals surface area (Å²) in [6.45, 7) is 5.99. The van der Waals surface area contributed by atoms with E-state index in [2.05, 4.69) is 24.5 Å². The Labute approximate surface area is 159 Å². The molecule has 2 aromatic rings. The number of rotatable bonds is 8. The van der Waals surface area contributed by atoms with Crippen molar-refractivity contribution in [2.75, 3.05) is 16.4 Å². The monoisotopic (exact) mass is 370 g/mol. The summed E-state index contributed by atoms with van der Waals surface area (Å²) in [5.41, 5.74) is 3.96. The first-order valence-corrected chi connectivity index (χ1v) is 9.98. The predicted molar refractivity (Wildman–Crippen MR) is 111 cm³/mol. The van der Waals surface area contributed by atoms with E-state index in [1.54, 1.807) is 0 Å². The molecule has 2 N–H and O–H groups in total. The number of amides is 2. The molecule has 0 spiro atoms. The summed E-state index contributed by atoms with van der Waals surface area (Å²) in [7, 11) is 0. The Bertz CT molecular complexity index is 725. The third-order valence-corrected chi connectivity index (χ3v) is 5.28. The van der Waals surface area contributed by atoms with Crippen LogP contribution in [-0.4, -0.2) is 22.8 Å². The molecule has 0 radical (unpaired) electrons. The zero-order valence-electron chi connectivity index (χ0n) is 15.5. The Morgan fingerprint density at radius 2 is 1.54 bits per heavy atom. The van der Waals surface area contributed by atoms with E-state index >= 15 is 0 Å². The van der Waals surface area contributed by atoms with Gasteiger partial charge < -0.3 is 10.6 Å². The summed E-state index contributed by atoms with van der Waals surface area (Å²) in [5.74, 6) is 0.0571. The molecule has 0 saturated heterocycles. The molecule has 1 unspecified atom stereocenters. The van der Waals surface area contributed by atoms with E-state index in [-0.39, 0.29) is 22.8 Å². The molecule has 26 heavy (non-hydrogen) atoms. The average Bonchev–Trinajstić information content (AvgIpc) is 2.66. The summed E-state index contributed by atoms with van der Waals surface area (Å²) in [4.78, 5) is 24.6. The van der Waals surface area contributed by atoms with Crippen LogP contribution in [0.1, 0.15) is 31.9 Å². The molecule has 0 aliphatic carbocycles. The maximum atomic E-state index is 12.6. The van der Waals surface area contributed by atoms with E-state index in [4.69, 9.17) is 0 Å². The van der Waals surface area contributed by atoms with Crippen molar-refractivity contribution < 1.29 is 9.59 Å². The van der Waals surface area contributed by atoms with Gasteiger partial charge in [0.25, 0.3) is 0 Å². The molecule has 2 amide bonds. The van der Waals surface area contributed by atoms with E-state index in [0.29, 0.717) is 0 Å². The van der Waals surface area contributed by atoms with Crippen LogP contribution in [-0.2, 0) is 22.4 Å². The number of anilines is 2. The van der Waals surface area contributed by atoms with Gasteiger partial charge in [-0.15, -0.1) is 11.8 Å². The van der Waals surface area contributed by atoms with Crippen LogP contribution in [0.15, 0.2) is 48.5 Å². The van der Waals surface area contributed by atoms with Gasteiger partial charge in [-0.2, -0.15) is 0 Å². The largest absolute Gasteiger partial charge is 0.325 e. The lowest BCUT2D eigenvalue weighted by molar-refractivity contribution is -0.115. The summed E-state index contributed by atoms with van der Waals surface area (Å²) in [6.07, 6.45) is 1.73. The maximum absolute atomic E-state index is 12.6. The van der Waals surface area contributed by atoms with Crippen molar-refractivity contribution in [1.82, 2.24) is 0 Å². The van der Waals surface area contributed by atoms with Crippen LogP contribution in [0.2, 0.25) is 0 Å². The molecular formula is C21H26N2O2S. The van der Waals surface area contributed by atoms with E-state index < -0.39 is 0 Å². The van der Waals surface area contributed by atoms with Crippen molar-refractivity contribution in [1.29, 1.82) is 0 Å². The minimum Gasteiger partial charge on any atom is -0.325 e. The normalized spacial score (nSPS) is 11.7. The first kappa shape index (κ1) is 20.0. The first-order valence-electron chi connectivity index (χ1n) is 8.93. The number of carbonyl (C=O) groups excluding carboxylic acids is 2. The molecule has 0 bridgehead atoms. The number of para-hydroxylation sites is 2. The Hall–Kier alpha value is -2.27. The van der Waals surface area contributed by atoms with Crippen LogP contribution < -0.4 is 10.6 Å². The summed E-state index contributed by atoms with van der Waals surface area (Å²) in [6, 6.07) is 15.4. The molecule has 5 heteroatoms. The number of carbonyl (C=O) groups is 2. The zero-order chi connectivity index (χ0) is 18.9. The number of nitrogens with one attached hydrogen (secondary N) is 2. The minimum atomic E-state index is -0.314. The van der Waals surface area contributed by atoms with Crippen molar-refractivity contribution in [3.63, 3.8) is 0 Å². The molecule has 138 valence electrons. The zero-order valence-corrected chi connectivity index (χ0v) is 16.4. The number of hydrogen-bond donors (Lipinski definition) is 2. The molecule has 0 fully saturated rings. The quantitative estimate of drug-likeness (QED) is 0.719. The Morgan fingerprint density at radius 1 is 0.923 bits per heavy atom. The van der Waals surface area contributed by atoms with Crippen molar-refractivity contribution in [3.05, 3.63) is 59.7 Å². The highest BCUT2D eigenvalue weighted by Crippen LogP contribution is 2.24. The fraction of sp³-hybridized carbons (Fsp3) is 0.333. The van der Waals surface area contributed by atoms with E-state index in [0.717, 1.165) is 35.3 Å². The number of aryl methyl sites for hydroxylation is 2. The molecule has 2 rings (SSSR count). The van der Waals surface area contributed by atoms with Gasteiger partial charge in [-0.1, -0.05) is 50.2 Å². The molecule has 2 aromatic carbocycles. The molecule has 0 aromatic heterocycles. The van der Waals surface area contributed by atoms with Gasteiger partial charge in [0.1, 0.15) is 0 Å². The van der Waals surface area contributed by atoms with Crippen LogP contribution >= 0.6 is 11.8 Å². The van der Waals surface area contributed by atoms with Gasteiger partial charge >= 0.3 is 0 Å². The lowest BCUT2D eigenvalue weighted by Crippen LogP contribution is -2.26. The van der Waals surface area contributed by atoms with Crippen LogP contribution in [0, 0.1) is 0 Å². The Morgan fingerprint density at radius 3 is 2.12 bits per heavy atom. The standard InChI is InChI=1S/C21H26N2O2S/c1-4-16-10-9-11-17(5-2)20(16)23-21(25)15(3)26-14-19(24)22-18-12-7-6-8-13-18/h6-13,15H,4-5,14H2,1-3H3,(H,22,24)(H,23,25). The van der Waals surface area contributed by atoms with Gasteiger partial charge in [-0.05, 0) is 43.0 Å². The number of benzene rings is 2. The van der Waals surface area contributed by atoms with E-state index in [1.807, 2.05) is 55.5 Å². The second-order valence-corrected chi connectivity index (χ2v) is 7.34. The van der Waals surface area contributed by atoms with Gasteiger partial charge in [0.15, 0.2) is 0 Å². The van der Waals surface area contributed by atoms with Gasteiger partial charge in [0, 0.05) is 11.4 Å². The molecular weight excluding hydrogens is 344 g/mol. The van der Waals surface area contributed by atoms with Crippen LogP contribution in [0.25, 0.3) is 0 Å². The molecule has 4 nitrogen and oxygen atoms in total. The topological polar surface area (TPSA) is 58.2 Å². The Kier molecular flexibility index (Phi) is 7.73. The molecule has 1 atom stereocenters. The maximum Gasteiger partial charge on any atom is 0.237 e. The minimum absolute atomic E-state index is 0.0712.